The number of hydrogen-bond acceptors (Lipinski definition) is 2. The average molecular weight is 354 g/mol. The summed E-state index contributed by atoms with van der Waals surface area (Å²) in [5.74, 6) is 0.773. The Morgan fingerprint density at radius 2 is 1.95 bits per heavy atom. The fourth-order valence-electron chi connectivity index (χ4n) is 1.85. The minimum atomic E-state index is 0.251. The molecule has 2 aromatic rings. The summed E-state index contributed by atoms with van der Waals surface area (Å²) in [6.45, 7) is 2.09. The number of aryl methyl sites for hydroxylation is 2. The summed E-state index contributed by atoms with van der Waals surface area (Å²) in [6.07, 6.45) is 0. The van der Waals surface area contributed by atoms with Gasteiger partial charge in [0.2, 0.25) is 0 Å². The number of rotatable bonds is 4. The van der Waals surface area contributed by atoms with Crippen LogP contribution in [0.3, 0.4) is 0 Å². The van der Waals surface area contributed by atoms with E-state index in [9.17, 15) is 0 Å². The number of nitrogens with zero attached hydrogens (tertiary/aromatic N) is 2. The lowest BCUT2D eigenvalue weighted by molar-refractivity contribution is 0.293. The van der Waals surface area contributed by atoms with E-state index in [1.165, 1.54) is 0 Å². The predicted octanol–water partition coefficient (Wildman–Crippen LogP) is 5.01. The predicted molar refractivity (Wildman–Crippen MR) is 83.3 cm³/mol. The zero-order valence-electron chi connectivity index (χ0n) is 10.9. The molecule has 0 bridgehead atoms. The summed E-state index contributed by atoms with van der Waals surface area (Å²) < 4.78 is 7.44. The normalized spacial score (nSPS) is 10.9. The Kier molecular flexibility index (Phi) is 5.08. The molecule has 0 unspecified atom stereocenters. The highest BCUT2D eigenvalue weighted by Gasteiger charge is 2.15. The van der Waals surface area contributed by atoms with Crippen LogP contribution < -0.4 is 4.74 Å². The molecule has 0 atom stereocenters. The quantitative estimate of drug-likeness (QED) is 0.722. The van der Waals surface area contributed by atoms with Crippen molar-refractivity contribution in [2.24, 2.45) is 7.05 Å². The maximum Gasteiger partial charge on any atom is 0.142 e. The first kappa shape index (κ1) is 15.8. The van der Waals surface area contributed by atoms with Crippen molar-refractivity contribution < 1.29 is 4.74 Å². The van der Waals surface area contributed by atoms with Crippen LogP contribution in [-0.4, -0.2) is 9.78 Å². The van der Waals surface area contributed by atoms with E-state index in [1.807, 2.05) is 14.0 Å². The van der Waals surface area contributed by atoms with Gasteiger partial charge in [-0.3, -0.25) is 4.68 Å². The van der Waals surface area contributed by atoms with Crippen LogP contribution in [0.15, 0.2) is 12.1 Å². The Bertz CT molecular complexity index is 640. The molecule has 0 aliphatic heterocycles. The second kappa shape index (κ2) is 6.44. The molecule has 0 N–H and O–H groups in total. The fraction of sp³-hybridized carbons (Fsp3) is 0.308. The monoisotopic (exact) mass is 352 g/mol. The van der Waals surface area contributed by atoms with E-state index < -0.39 is 0 Å². The zero-order valence-corrected chi connectivity index (χ0v) is 13.9. The number of halogens is 4. The highest BCUT2D eigenvalue weighted by Crippen LogP contribution is 2.34. The minimum absolute atomic E-state index is 0.251. The summed E-state index contributed by atoms with van der Waals surface area (Å²) in [5.41, 5.74) is 2.27. The highest BCUT2D eigenvalue weighted by molar-refractivity contribution is 6.36. The SMILES string of the molecule is Cc1nn(C)c(COc2c(Cl)cc(Cl)cc2CCl)c1Cl. The maximum absolute atomic E-state index is 6.18. The van der Waals surface area contributed by atoms with E-state index in [1.54, 1.807) is 16.8 Å². The van der Waals surface area contributed by atoms with Crippen LogP contribution >= 0.6 is 46.4 Å². The number of benzene rings is 1. The van der Waals surface area contributed by atoms with E-state index in [2.05, 4.69) is 5.10 Å². The third-order valence-electron chi connectivity index (χ3n) is 2.84. The molecule has 2 rings (SSSR count). The van der Waals surface area contributed by atoms with Crippen molar-refractivity contribution in [3.05, 3.63) is 44.2 Å². The second-order valence-corrected chi connectivity index (χ2v) is 5.76. The molecule has 0 aliphatic rings. The molecule has 0 aliphatic carbocycles. The van der Waals surface area contributed by atoms with Crippen molar-refractivity contribution in [2.45, 2.75) is 19.4 Å². The van der Waals surface area contributed by atoms with Gasteiger partial charge in [-0.15, -0.1) is 11.6 Å². The standard InChI is InChI=1S/C13H12Cl4N2O/c1-7-12(17)11(19(2)18-7)6-20-13-8(5-14)3-9(15)4-10(13)16/h3-4H,5-6H2,1-2H3. The molecular formula is C13H12Cl4N2O. The Hall–Kier alpha value is -0.610. The average Bonchev–Trinajstić information content (AvgIpc) is 2.62. The molecule has 0 spiro atoms. The van der Waals surface area contributed by atoms with Gasteiger partial charge in [0, 0.05) is 17.6 Å². The molecule has 0 saturated carbocycles. The molecule has 0 radical (unpaired) electrons. The molecule has 0 amide bonds. The second-order valence-electron chi connectivity index (χ2n) is 4.27. The van der Waals surface area contributed by atoms with Gasteiger partial charge in [-0.2, -0.15) is 5.10 Å². The van der Waals surface area contributed by atoms with Crippen molar-refractivity contribution in [1.82, 2.24) is 9.78 Å². The lowest BCUT2D eigenvalue weighted by Gasteiger charge is -2.12. The van der Waals surface area contributed by atoms with Crippen LogP contribution in [0.2, 0.25) is 15.1 Å². The number of ether oxygens (including phenoxy) is 1. The summed E-state index contributed by atoms with van der Waals surface area (Å²) in [4.78, 5) is 0. The third-order valence-corrected chi connectivity index (χ3v) is 4.12. The number of aromatic nitrogens is 2. The van der Waals surface area contributed by atoms with Gasteiger partial charge in [-0.05, 0) is 19.1 Å². The van der Waals surface area contributed by atoms with Crippen molar-refractivity contribution in [3.63, 3.8) is 0 Å². The molecular weight excluding hydrogens is 342 g/mol. The molecule has 0 saturated heterocycles. The first-order chi connectivity index (χ1) is 9.43. The third kappa shape index (κ3) is 3.17. The van der Waals surface area contributed by atoms with E-state index in [0.29, 0.717) is 20.8 Å². The van der Waals surface area contributed by atoms with Gasteiger partial charge in [-0.25, -0.2) is 0 Å². The summed E-state index contributed by atoms with van der Waals surface area (Å²) in [5, 5.41) is 5.75. The Balaban J connectivity index is 2.27. The zero-order chi connectivity index (χ0) is 14.9. The van der Waals surface area contributed by atoms with Crippen molar-refractivity contribution in [2.75, 3.05) is 0 Å². The van der Waals surface area contributed by atoms with Gasteiger partial charge < -0.3 is 4.74 Å². The van der Waals surface area contributed by atoms with Crippen molar-refractivity contribution >= 4 is 46.4 Å². The number of alkyl halides is 1. The summed E-state index contributed by atoms with van der Waals surface area (Å²) in [7, 11) is 1.81. The largest absolute Gasteiger partial charge is 0.485 e. The number of hydrogen-bond donors (Lipinski definition) is 0. The molecule has 3 nitrogen and oxygen atoms in total. The Morgan fingerprint density at radius 3 is 2.50 bits per heavy atom. The maximum atomic E-state index is 6.18. The van der Waals surface area contributed by atoms with Crippen LogP contribution in [0.5, 0.6) is 5.75 Å². The molecule has 1 heterocycles. The van der Waals surface area contributed by atoms with Crippen LogP contribution in [0.4, 0.5) is 0 Å². The van der Waals surface area contributed by atoms with Crippen molar-refractivity contribution in [1.29, 1.82) is 0 Å². The Morgan fingerprint density at radius 1 is 1.25 bits per heavy atom. The summed E-state index contributed by atoms with van der Waals surface area (Å²) in [6, 6.07) is 3.34. The van der Waals surface area contributed by atoms with Crippen LogP contribution in [0.1, 0.15) is 17.0 Å². The van der Waals surface area contributed by atoms with Gasteiger partial charge in [0.25, 0.3) is 0 Å². The first-order valence-corrected chi connectivity index (χ1v) is 7.45. The molecule has 1 aromatic carbocycles. The minimum Gasteiger partial charge on any atom is -0.485 e. The smallest absolute Gasteiger partial charge is 0.142 e. The van der Waals surface area contributed by atoms with Gasteiger partial charge >= 0.3 is 0 Å². The van der Waals surface area contributed by atoms with Crippen LogP contribution in [0, 0.1) is 6.92 Å². The fourth-order valence-corrected chi connectivity index (χ4v) is 2.86. The topological polar surface area (TPSA) is 27.1 Å². The lowest BCUT2D eigenvalue weighted by atomic mass is 10.2. The van der Waals surface area contributed by atoms with Crippen LogP contribution in [-0.2, 0) is 19.5 Å². The van der Waals surface area contributed by atoms with E-state index >= 15 is 0 Å². The molecule has 7 heteroatoms. The lowest BCUT2D eigenvalue weighted by Crippen LogP contribution is -2.05. The van der Waals surface area contributed by atoms with E-state index in [0.717, 1.165) is 17.0 Å². The highest BCUT2D eigenvalue weighted by atomic mass is 35.5. The summed E-state index contributed by atoms with van der Waals surface area (Å²) >= 11 is 24.1. The van der Waals surface area contributed by atoms with Crippen molar-refractivity contribution in [3.8, 4) is 5.75 Å². The van der Waals surface area contributed by atoms with E-state index in [4.69, 9.17) is 51.1 Å². The van der Waals surface area contributed by atoms with Gasteiger partial charge in [0.15, 0.2) is 0 Å². The Labute approximate surface area is 137 Å². The van der Waals surface area contributed by atoms with E-state index in [-0.39, 0.29) is 12.5 Å². The van der Waals surface area contributed by atoms with Crippen LogP contribution in [0.25, 0.3) is 0 Å². The molecule has 0 fully saturated rings. The molecule has 1 aromatic heterocycles. The van der Waals surface area contributed by atoms with Gasteiger partial charge in [0.05, 0.1) is 27.3 Å². The molecule has 20 heavy (non-hydrogen) atoms. The van der Waals surface area contributed by atoms with Gasteiger partial charge in [-0.1, -0.05) is 34.8 Å². The first-order valence-electron chi connectivity index (χ1n) is 5.78. The molecule has 108 valence electrons. The van der Waals surface area contributed by atoms with Gasteiger partial charge in [0.1, 0.15) is 12.4 Å².